The number of fused-ring (bicyclic) bond motifs is 6. The highest BCUT2D eigenvalue weighted by atomic mass is 16.3. The molecule has 4 nitrogen and oxygen atoms in total. The molecule has 2 heterocycles. The maximum Gasteiger partial charge on any atom is 0.164 e. The Labute approximate surface area is 300 Å². The number of aromatic nitrogens is 3. The molecule has 0 bridgehead atoms. The lowest BCUT2D eigenvalue weighted by Gasteiger charge is -2.13. The first kappa shape index (κ1) is 30.0. The summed E-state index contributed by atoms with van der Waals surface area (Å²) >= 11 is 0. The van der Waals surface area contributed by atoms with E-state index in [0.717, 1.165) is 71.7 Å². The second-order valence-corrected chi connectivity index (χ2v) is 13.3. The minimum absolute atomic E-state index is 0.587. The first-order valence-corrected chi connectivity index (χ1v) is 17.5. The molecule has 4 heteroatoms. The third kappa shape index (κ3) is 5.12. The molecule has 0 spiro atoms. The summed E-state index contributed by atoms with van der Waals surface area (Å²) in [6.45, 7) is 2.11. The molecule has 10 aromatic rings. The summed E-state index contributed by atoms with van der Waals surface area (Å²) < 4.78 is 6.51. The van der Waals surface area contributed by atoms with Gasteiger partial charge in [0.15, 0.2) is 17.5 Å². The summed E-state index contributed by atoms with van der Waals surface area (Å²) in [6, 6.07) is 59.2. The Morgan fingerprint density at radius 3 is 1.83 bits per heavy atom. The van der Waals surface area contributed by atoms with E-state index in [0.29, 0.717) is 17.5 Å². The monoisotopic (exact) mass is 665 g/mol. The summed E-state index contributed by atoms with van der Waals surface area (Å²) in [7, 11) is 0. The highest BCUT2D eigenvalue weighted by Crippen LogP contribution is 2.39. The van der Waals surface area contributed by atoms with Gasteiger partial charge in [0.1, 0.15) is 11.2 Å². The minimum atomic E-state index is 0.587. The fourth-order valence-corrected chi connectivity index (χ4v) is 7.40. The van der Waals surface area contributed by atoms with Crippen molar-refractivity contribution < 1.29 is 4.42 Å². The molecule has 2 aromatic heterocycles. The Balaban J connectivity index is 1.19. The second-order valence-electron chi connectivity index (χ2n) is 13.3. The lowest BCUT2D eigenvalue weighted by molar-refractivity contribution is 0.669. The molecule has 8 aromatic carbocycles. The van der Waals surface area contributed by atoms with Crippen LogP contribution in [-0.2, 0) is 0 Å². The number of aryl methyl sites for hydroxylation is 1. The average Bonchev–Trinajstić information content (AvgIpc) is 3.59. The molecule has 244 valence electrons. The van der Waals surface area contributed by atoms with Gasteiger partial charge in [-0.25, -0.2) is 15.0 Å². The van der Waals surface area contributed by atoms with Crippen LogP contribution in [0.3, 0.4) is 0 Å². The second kappa shape index (κ2) is 12.1. The van der Waals surface area contributed by atoms with Crippen LogP contribution in [0.1, 0.15) is 5.56 Å². The molecule has 0 atom stereocenters. The van der Waals surface area contributed by atoms with E-state index >= 15 is 0 Å². The van der Waals surface area contributed by atoms with Crippen molar-refractivity contribution in [3.05, 3.63) is 175 Å². The van der Waals surface area contributed by atoms with Crippen LogP contribution >= 0.6 is 0 Å². The fraction of sp³-hybridized carbons (Fsp3) is 0.0208. The van der Waals surface area contributed by atoms with E-state index in [4.69, 9.17) is 19.4 Å². The fourth-order valence-electron chi connectivity index (χ4n) is 7.40. The lowest BCUT2D eigenvalue weighted by Crippen LogP contribution is -2.01. The largest absolute Gasteiger partial charge is 0.456 e. The summed E-state index contributed by atoms with van der Waals surface area (Å²) in [5.74, 6) is 1.82. The van der Waals surface area contributed by atoms with Gasteiger partial charge in [-0.1, -0.05) is 145 Å². The van der Waals surface area contributed by atoms with Crippen molar-refractivity contribution in [3.63, 3.8) is 0 Å². The van der Waals surface area contributed by atoms with Gasteiger partial charge in [0, 0.05) is 27.5 Å². The third-order valence-electron chi connectivity index (χ3n) is 9.99. The van der Waals surface area contributed by atoms with Crippen LogP contribution in [0.2, 0.25) is 0 Å². The van der Waals surface area contributed by atoms with E-state index < -0.39 is 0 Å². The van der Waals surface area contributed by atoms with Gasteiger partial charge >= 0.3 is 0 Å². The van der Waals surface area contributed by atoms with Crippen LogP contribution in [0.15, 0.2) is 174 Å². The molecule has 0 unspecified atom stereocenters. The first-order valence-electron chi connectivity index (χ1n) is 17.5. The average molecular weight is 666 g/mol. The van der Waals surface area contributed by atoms with E-state index in [1.807, 2.05) is 12.1 Å². The quantitative estimate of drug-likeness (QED) is 0.172. The predicted molar refractivity (Wildman–Crippen MR) is 214 cm³/mol. The molecule has 0 saturated heterocycles. The molecular formula is C48H31N3O. The molecule has 52 heavy (non-hydrogen) atoms. The highest BCUT2D eigenvalue weighted by molar-refractivity contribution is 6.14. The number of furan rings is 1. The minimum Gasteiger partial charge on any atom is -0.456 e. The number of hydrogen-bond donors (Lipinski definition) is 0. The molecular weight excluding hydrogens is 635 g/mol. The van der Waals surface area contributed by atoms with E-state index in [1.54, 1.807) is 0 Å². The zero-order valence-electron chi connectivity index (χ0n) is 28.4. The van der Waals surface area contributed by atoms with E-state index in [2.05, 4.69) is 165 Å². The Morgan fingerprint density at radius 1 is 0.365 bits per heavy atom. The van der Waals surface area contributed by atoms with Crippen molar-refractivity contribution >= 4 is 43.5 Å². The summed E-state index contributed by atoms with van der Waals surface area (Å²) in [5.41, 5.74) is 10.2. The van der Waals surface area contributed by atoms with Crippen molar-refractivity contribution in [1.29, 1.82) is 0 Å². The molecule has 0 saturated carbocycles. The molecule has 0 aliphatic rings. The number of nitrogens with zero attached hydrogens (tertiary/aromatic N) is 3. The maximum absolute atomic E-state index is 6.51. The molecule has 0 aliphatic heterocycles. The van der Waals surface area contributed by atoms with Crippen molar-refractivity contribution in [3.8, 4) is 56.4 Å². The molecule has 0 aliphatic carbocycles. The zero-order valence-corrected chi connectivity index (χ0v) is 28.4. The van der Waals surface area contributed by atoms with Crippen LogP contribution < -0.4 is 0 Å². The third-order valence-corrected chi connectivity index (χ3v) is 9.99. The Morgan fingerprint density at radius 2 is 1.00 bits per heavy atom. The predicted octanol–water partition coefficient (Wildman–Crippen LogP) is 12.7. The van der Waals surface area contributed by atoms with E-state index in [1.165, 1.54) is 16.3 Å². The number of rotatable bonds is 5. The van der Waals surface area contributed by atoms with Gasteiger partial charge in [-0.05, 0) is 81.1 Å². The standard InChI is InChI=1S/C48H31N3O/c1-30-21-23-31(24-22-30)33-14-9-15-35(27-33)46-49-47(51-48(50-46)42-28-34-13-5-6-16-37(34)39-17-7-8-18-40(39)42)36-25-26-41-44(29-36)52-43-20-10-19-38(45(41)43)32-11-3-2-4-12-32/h2-29H,1H3. The smallest absolute Gasteiger partial charge is 0.164 e. The molecule has 0 amide bonds. The molecule has 0 N–H and O–H groups in total. The SMILES string of the molecule is Cc1ccc(-c2cccc(-c3nc(-c4ccc5c(c4)oc4cccc(-c6ccccc6)c45)nc(-c4cc5ccccc5c5ccccc45)n3)c2)cc1. The number of hydrogen-bond acceptors (Lipinski definition) is 4. The van der Waals surface area contributed by atoms with Crippen LogP contribution in [0.5, 0.6) is 0 Å². The lowest BCUT2D eigenvalue weighted by atomic mass is 9.96. The van der Waals surface area contributed by atoms with Gasteiger partial charge in [0.05, 0.1) is 0 Å². The molecule has 10 rings (SSSR count). The normalized spacial score (nSPS) is 11.6. The van der Waals surface area contributed by atoms with E-state index in [-0.39, 0.29) is 0 Å². The molecule has 0 fully saturated rings. The van der Waals surface area contributed by atoms with Gasteiger partial charge in [0.2, 0.25) is 0 Å². The summed E-state index contributed by atoms with van der Waals surface area (Å²) in [4.78, 5) is 15.6. The van der Waals surface area contributed by atoms with Crippen molar-refractivity contribution in [1.82, 2.24) is 15.0 Å². The zero-order chi connectivity index (χ0) is 34.6. The summed E-state index contributed by atoms with van der Waals surface area (Å²) in [6.07, 6.45) is 0. The van der Waals surface area contributed by atoms with Crippen molar-refractivity contribution in [2.45, 2.75) is 6.92 Å². The van der Waals surface area contributed by atoms with Crippen LogP contribution in [0.25, 0.3) is 99.9 Å². The maximum atomic E-state index is 6.51. The van der Waals surface area contributed by atoms with Gasteiger partial charge in [0.25, 0.3) is 0 Å². The van der Waals surface area contributed by atoms with Gasteiger partial charge in [-0.3, -0.25) is 0 Å². The van der Waals surface area contributed by atoms with Crippen molar-refractivity contribution in [2.75, 3.05) is 0 Å². The van der Waals surface area contributed by atoms with Gasteiger partial charge in [-0.2, -0.15) is 0 Å². The first-order chi connectivity index (χ1) is 25.7. The summed E-state index contributed by atoms with van der Waals surface area (Å²) in [5, 5.41) is 6.76. The highest BCUT2D eigenvalue weighted by Gasteiger charge is 2.18. The Kier molecular flexibility index (Phi) is 7.00. The molecule has 0 radical (unpaired) electrons. The van der Waals surface area contributed by atoms with Crippen LogP contribution in [-0.4, -0.2) is 15.0 Å². The van der Waals surface area contributed by atoms with Gasteiger partial charge < -0.3 is 4.42 Å². The Bertz CT molecular complexity index is 2960. The topological polar surface area (TPSA) is 51.8 Å². The van der Waals surface area contributed by atoms with Gasteiger partial charge in [-0.15, -0.1) is 0 Å². The van der Waals surface area contributed by atoms with Crippen LogP contribution in [0.4, 0.5) is 0 Å². The number of benzene rings is 8. The Hall–Kier alpha value is -6.91. The van der Waals surface area contributed by atoms with E-state index in [9.17, 15) is 0 Å². The van der Waals surface area contributed by atoms with Crippen molar-refractivity contribution in [2.24, 2.45) is 0 Å². The van der Waals surface area contributed by atoms with Crippen LogP contribution in [0, 0.1) is 6.92 Å².